The van der Waals surface area contributed by atoms with E-state index in [9.17, 15) is 0 Å². The monoisotopic (exact) mass is 528 g/mol. The molecule has 2 heterocycles. The van der Waals surface area contributed by atoms with Crippen LogP contribution in [0.4, 0.5) is 17.1 Å². The van der Waals surface area contributed by atoms with Gasteiger partial charge in [-0.3, -0.25) is 4.98 Å². The number of pyridine rings is 1. The molecule has 0 aliphatic heterocycles. The van der Waals surface area contributed by atoms with Gasteiger partial charge in [-0.2, -0.15) is 0 Å². The molecule has 0 spiro atoms. The van der Waals surface area contributed by atoms with Crippen LogP contribution in [0.3, 0.4) is 0 Å². The van der Waals surface area contributed by atoms with E-state index in [2.05, 4.69) is 134 Å². The molecule has 8 rings (SSSR count). The van der Waals surface area contributed by atoms with Gasteiger partial charge in [-0.1, -0.05) is 92.7 Å². The zero-order chi connectivity index (χ0) is 27.6. The first-order valence-corrected chi connectivity index (χ1v) is 14.1. The van der Waals surface area contributed by atoms with Crippen LogP contribution in [-0.4, -0.2) is 4.98 Å². The van der Waals surface area contributed by atoms with Crippen LogP contribution >= 0.6 is 0 Å². The van der Waals surface area contributed by atoms with Crippen molar-refractivity contribution in [1.82, 2.24) is 4.98 Å². The van der Waals surface area contributed by atoms with Crippen LogP contribution in [0, 0.1) is 0 Å². The molecule has 5 aromatic carbocycles. The normalized spacial score (nSPS) is 13.3. The summed E-state index contributed by atoms with van der Waals surface area (Å²) in [6.07, 6.45) is 1.95. The number of fused-ring (bicyclic) bond motifs is 6. The summed E-state index contributed by atoms with van der Waals surface area (Å²) in [4.78, 5) is 7.34. The van der Waals surface area contributed by atoms with Gasteiger partial charge in [-0.05, 0) is 70.8 Å². The van der Waals surface area contributed by atoms with Crippen molar-refractivity contribution >= 4 is 39.0 Å². The van der Waals surface area contributed by atoms with Crippen LogP contribution in [0.15, 0.2) is 138 Å². The number of hydrogen-bond donors (Lipinski definition) is 0. The number of aromatic nitrogens is 1. The third kappa shape index (κ3) is 3.63. The Bertz CT molecular complexity index is 2060. The van der Waals surface area contributed by atoms with Crippen molar-refractivity contribution < 1.29 is 4.42 Å². The van der Waals surface area contributed by atoms with Gasteiger partial charge in [0.2, 0.25) is 0 Å². The smallest absolute Gasteiger partial charge is 0.136 e. The van der Waals surface area contributed by atoms with Gasteiger partial charge in [0.05, 0.1) is 11.4 Å². The first-order chi connectivity index (χ1) is 20.1. The fourth-order valence-electron chi connectivity index (χ4n) is 6.44. The van der Waals surface area contributed by atoms with Crippen molar-refractivity contribution in [3.8, 4) is 22.3 Å². The van der Waals surface area contributed by atoms with E-state index in [1.807, 2.05) is 18.3 Å². The molecular weight excluding hydrogens is 500 g/mol. The van der Waals surface area contributed by atoms with Crippen LogP contribution in [0.5, 0.6) is 0 Å². The van der Waals surface area contributed by atoms with E-state index in [1.165, 1.54) is 22.3 Å². The Morgan fingerprint density at radius 1 is 0.610 bits per heavy atom. The second kappa shape index (κ2) is 8.94. The van der Waals surface area contributed by atoms with E-state index < -0.39 is 0 Å². The highest BCUT2D eigenvalue weighted by atomic mass is 16.3. The second-order valence-electron chi connectivity index (χ2n) is 11.3. The van der Waals surface area contributed by atoms with Crippen LogP contribution in [0.25, 0.3) is 44.2 Å². The fourth-order valence-corrected chi connectivity index (χ4v) is 6.44. The summed E-state index contributed by atoms with van der Waals surface area (Å²) < 4.78 is 6.35. The van der Waals surface area contributed by atoms with Crippen LogP contribution < -0.4 is 4.90 Å². The van der Waals surface area contributed by atoms with E-state index in [-0.39, 0.29) is 5.41 Å². The molecule has 1 aliphatic rings. The van der Waals surface area contributed by atoms with Gasteiger partial charge in [0.25, 0.3) is 0 Å². The first kappa shape index (κ1) is 23.7. The molecule has 0 saturated heterocycles. The van der Waals surface area contributed by atoms with Gasteiger partial charge in [-0.15, -0.1) is 0 Å². The zero-order valence-electron chi connectivity index (χ0n) is 23.0. The second-order valence-corrected chi connectivity index (χ2v) is 11.3. The topological polar surface area (TPSA) is 29.3 Å². The molecule has 0 atom stereocenters. The summed E-state index contributed by atoms with van der Waals surface area (Å²) in [6, 6.07) is 44.9. The van der Waals surface area contributed by atoms with E-state index in [4.69, 9.17) is 9.40 Å². The molecule has 0 bridgehead atoms. The standard InChI is InChI=1S/C38H28N2O/c1-38(2)32-23-30-29-15-9-10-16-34(29)41-35(30)24-31(32)36-33(21-22-39-37(36)38)40(27-13-7-4-8-14-27)28-19-17-26(18-20-28)25-11-5-3-6-12-25/h3-24H,1-2H3. The Morgan fingerprint density at radius 3 is 2.05 bits per heavy atom. The molecule has 3 heteroatoms. The number of rotatable bonds is 4. The number of para-hydroxylation sites is 2. The molecule has 7 aromatic rings. The molecule has 41 heavy (non-hydrogen) atoms. The average molecular weight is 529 g/mol. The summed E-state index contributed by atoms with van der Waals surface area (Å²) in [5.74, 6) is 0. The molecule has 2 aromatic heterocycles. The van der Waals surface area contributed by atoms with Crippen molar-refractivity contribution in [3.05, 3.63) is 145 Å². The van der Waals surface area contributed by atoms with E-state index in [0.29, 0.717) is 0 Å². The highest BCUT2D eigenvalue weighted by molar-refractivity contribution is 6.08. The molecule has 0 N–H and O–H groups in total. The maximum atomic E-state index is 6.35. The molecule has 0 amide bonds. The lowest BCUT2D eigenvalue weighted by Crippen LogP contribution is -2.17. The minimum absolute atomic E-state index is 0.257. The molecule has 1 aliphatic carbocycles. The molecule has 0 radical (unpaired) electrons. The fraction of sp³-hybridized carbons (Fsp3) is 0.0789. The Balaban J connectivity index is 1.35. The number of nitrogens with zero attached hydrogens (tertiary/aromatic N) is 2. The van der Waals surface area contributed by atoms with Gasteiger partial charge >= 0.3 is 0 Å². The number of furan rings is 1. The summed E-state index contributed by atoms with van der Waals surface area (Å²) in [5, 5.41) is 2.30. The average Bonchev–Trinajstić information content (AvgIpc) is 3.49. The molecule has 0 fully saturated rings. The SMILES string of the molecule is CC1(C)c2cc3c(cc2-c2c(N(c4ccccc4)c4ccc(-c5ccccc5)cc4)ccnc21)oc1ccccc13. The third-order valence-corrected chi connectivity index (χ3v) is 8.47. The summed E-state index contributed by atoms with van der Waals surface area (Å²) in [7, 11) is 0. The van der Waals surface area contributed by atoms with Crippen molar-refractivity contribution in [2.24, 2.45) is 0 Å². The minimum Gasteiger partial charge on any atom is -0.456 e. The molecule has 0 unspecified atom stereocenters. The number of benzene rings is 5. The maximum absolute atomic E-state index is 6.35. The van der Waals surface area contributed by atoms with Crippen LogP contribution in [0.2, 0.25) is 0 Å². The van der Waals surface area contributed by atoms with Gasteiger partial charge in [-0.25, -0.2) is 0 Å². The van der Waals surface area contributed by atoms with Crippen LogP contribution in [0.1, 0.15) is 25.1 Å². The summed E-state index contributed by atoms with van der Waals surface area (Å²) >= 11 is 0. The number of anilines is 3. The highest BCUT2D eigenvalue weighted by Gasteiger charge is 2.40. The van der Waals surface area contributed by atoms with Crippen molar-refractivity contribution in [3.63, 3.8) is 0 Å². The Hall–Kier alpha value is -5.15. The van der Waals surface area contributed by atoms with Gasteiger partial charge < -0.3 is 9.32 Å². The molecular formula is C38H28N2O. The van der Waals surface area contributed by atoms with Gasteiger partial charge in [0.1, 0.15) is 11.2 Å². The lowest BCUT2D eigenvalue weighted by molar-refractivity contribution is 0.637. The van der Waals surface area contributed by atoms with E-state index in [0.717, 1.165) is 50.3 Å². The predicted octanol–water partition coefficient (Wildman–Crippen LogP) is 10.4. The quantitative estimate of drug-likeness (QED) is 0.228. The van der Waals surface area contributed by atoms with E-state index in [1.54, 1.807) is 0 Å². The lowest BCUT2D eigenvalue weighted by Gasteiger charge is -2.28. The molecule has 0 saturated carbocycles. The first-order valence-electron chi connectivity index (χ1n) is 14.1. The Labute approximate surface area is 239 Å². The third-order valence-electron chi connectivity index (χ3n) is 8.47. The van der Waals surface area contributed by atoms with Gasteiger partial charge in [0, 0.05) is 39.3 Å². The Morgan fingerprint density at radius 2 is 1.27 bits per heavy atom. The lowest BCUT2D eigenvalue weighted by atomic mass is 9.84. The minimum atomic E-state index is -0.257. The van der Waals surface area contributed by atoms with Crippen molar-refractivity contribution in [2.45, 2.75) is 19.3 Å². The largest absolute Gasteiger partial charge is 0.456 e. The Kier molecular flexibility index (Phi) is 5.17. The van der Waals surface area contributed by atoms with E-state index >= 15 is 0 Å². The zero-order valence-corrected chi connectivity index (χ0v) is 23.0. The summed E-state index contributed by atoms with van der Waals surface area (Å²) in [6.45, 7) is 4.56. The summed E-state index contributed by atoms with van der Waals surface area (Å²) in [5.41, 5.74) is 12.0. The predicted molar refractivity (Wildman–Crippen MR) is 169 cm³/mol. The molecule has 196 valence electrons. The van der Waals surface area contributed by atoms with Crippen molar-refractivity contribution in [1.29, 1.82) is 0 Å². The maximum Gasteiger partial charge on any atom is 0.136 e. The number of hydrogen-bond acceptors (Lipinski definition) is 3. The van der Waals surface area contributed by atoms with Crippen LogP contribution in [-0.2, 0) is 5.41 Å². The molecule has 3 nitrogen and oxygen atoms in total. The van der Waals surface area contributed by atoms with Crippen molar-refractivity contribution in [2.75, 3.05) is 4.90 Å². The van der Waals surface area contributed by atoms with Gasteiger partial charge in [0.15, 0.2) is 0 Å². The highest BCUT2D eigenvalue weighted by Crippen LogP contribution is 2.54.